The number of aliphatic hydroxyl groups excluding tert-OH is 1. The molecule has 3 aromatic carbocycles. The maximum Gasteiger partial charge on any atom is 0.164 e. The number of nitrogens with zero attached hydrogens (tertiary/aromatic N) is 1. The number of thiophene rings is 2. The van der Waals surface area contributed by atoms with Crippen molar-refractivity contribution in [2.24, 2.45) is 10.8 Å². The van der Waals surface area contributed by atoms with Crippen LogP contribution in [0.4, 0.5) is 0 Å². The molecule has 0 atom stereocenters. The van der Waals surface area contributed by atoms with Gasteiger partial charge in [0.05, 0.1) is 0 Å². The molecular formula is C46H54IrNO2S2-. The van der Waals surface area contributed by atoms with Gasteiger partial charge in [-0.1, -0.05) is 116 Å². The Balaban J connectivity index is 0.000000289. The number of fused-ring (bicyclic) bond motifs is 3. The first-order valence-electron chi connectivity index (χ1n) is 18.4. The van der Waals surface area contributed by atoms with E-state index >= 15 is 0 Å². The van der Waals surface area contributed by atoms with Crippen molar-refractivity contribution in [1.82, 2.24) is 4.98 Å². The zero-order chi connectivity index (χ0) is 37.3. The van der Waals surface area contributed by atoms with Crippen LogP contribution < -0.4 is 0 Å². The molecule has 1 radical (unpaired) electrons. The van der Waals surface area contributed by atoms with Crippen LogP contribution in [0.3, 0.4) is 0 Å². The maximum atomic E-state index is 12.2. The molecule has 0 amide bonds. The Labute approximate surface area is 333 Å². The first-order valence-corrected chi connectivity index (χ1v) is 20.1. The van der Waals surface area contributed by atoms with Crippen molar-refractivity contribution in [2.45, 2.75) is 107 Å². The molecule has 0 bridgehead atoms. The molecule has 0 fully saturated rings. The van der Waals surface area contributed by atoms with Crippen LogP contribution in [0.25, 0.3) is 53.5 Å². The molecule has 6 heteroatoms. The smallest absolute Gasteiger partial charge is 0.164 e. The summed E-state index contributed by atoms with van der Waals surface area (Å²) in [6, 6.07) is 25.6. The third-order valence-corrected chi connectivity index (χ3v) is 13.4. The summed E-state index contributed by atoms with van der Waals surface area (Å²) in [4.78, 5) is 19.8. The molecule has 0 saturated heterocycles. The number of benzene rings is 3. The maximum absolute atomic E-state index is 12.2. The summed E-state index contributed by atoms with van der Waals surface area (Å²) < 4.78 is 1.32. The van der Waals surface area contributed by atoms with Gasteiger partial charge in [-0.05, 0) is 67.5 Å². The number of carbonyl (C=O) groups is 1. The van der Waals surface area contributed by atoms with Gasteiger partial charge < -0.3 is 5.11 Å². The molecular weight excluding hydrogens is 855 g/mol. The second kappa shape index (κ2) is 16.5. The largest absolute Gasteiger partial charge is 0.512 e. The quantitative estimate of drug-likeness (QED) is 0.0893. The second-order valence-electron chi connectivity index (χ2n) is 15.5. The standard InChI is InChI=1S/C31H26NS2.C15H28O2.Ir/c1-18-19(2)34-30-29(18)24(25-17-33-28-13-9-8-12-23(25)28)16-27(32-30)21-14-20-10-6-7-11-22(20)26(15-21)31(3,4)5;1-7-14(5,8-2)12(16)11-13(17)15(6,9-3)10-4;/h6-13,15-17H,1-5H3;11,16H,7-10H2,1-6H3;/q-1;;/b;12-11-;. The van der Waals surface area contributed by atoms with Crippen molar-refractivity contribution in [3.05, 3.63) is 99.9 Å². The Bertz CT molecular complexity index is 2220. The summed E-state index contributed by atoms with van der Waals surface area (Å²) in [6.45, 7) is 23.4. The summed E-state index contributed by atoms with van der Waals surface area (Å²) in [5.41, 5.74) is 6.72. The van der Waals surface area contributed by atoms with Gasteiger partial charge in [-0.2, -0.15) is 0 Å². The number of aryl methyl sites for hydroxylation is 2. The molecule has 6 rings (SSSR count). The van der Waals surface area contributed by atoms with E-state index in [-0.39, 0.29) is 47.9 Å². The molecule has 6 aromatic rings. The minimum Gasteiger partial charge on any atom is -0.512 e. The third-order valence-electron chi connectivity index (χ3n) is 11.4. The Hall–Kier alpha value is -3.15. The number of hydrogen-bond donors (Lipinski definition) is 1. The molecule has 277 valence electrons. The van der Waals surface area contributed by atoms with E-state index in [9.17, 15) is 9.90 Å². The van der Waals surface area contributed by atoms with Crippen LogP contribution in [-0.2, 0) is 30.3 Å². The van der Waals surface area contributed by atoms with Crippen LogP contribution >= 0.6 is 22.7 Å². The molecule has 0 aliphatic heterocycles. The van der Waals surface area contributed by atoms with Crippen LogP contribution in [0.2, 0.25) is 0 Å². The average molecular weight is 909 g/mol. The minimum absolute atomic E-state index is 0. The van der Waals surface area contributed by atoms with Crippen molar-refractivity contribution in [1.29, 1.82) is 0 Å². The number of allylic oxidation sites excluding steroid dienone is 2. The van der Waals surface area contributed by atoms with E-state index in [1.165, 1.54) is 54.1 Å². The molecule has 3 aromatic heterocycles. The fraction of sp³-hybridized carbons (Fsp3) is 0.391. The monoisotopic (exact) mass is 909 g/mol. The van der Waals surface area contributed by atoms with E-state index < -0.39 is 0 Å². The van der Waals surface area contributed by atoms with E-state index in [1.807, 2.05) is 52.9 Å². The van der Waals surface area contributed by atoms with Crippen LogP contribution in [0, 0.1) is 30.7 Å². The molecule has 0 spiro atoms. The number of ketones is 1. The van der Waals surface area contributed by atoms with E-state index in [2.05, 4.69) is 107 Å². The molecule has 1 N–H and O–H groups in total. The predicted octanol–water partition coefficient (Wildman–Crippen LogP) is 14.4. The number of carbonyl (C=O) groups excluding carboxylic acids is 1. The first kappa shape index (κ1) is 41.6. The van der Waals surface area contributed by atoms with Crippen molar-refractivity contribution in [2.75, 3.05) is 0 Å². The average Bonchev–Trinajstić information content (AvgIpc) is 3.69. The van der Waals surface area contributed by atoms with Gasteiger partial charge in [0.15, 0.2) is 5.78 Å². The number of rotatable bonds is 9. The summed E-state index contributed by atoms with van der Waals surface area (Å²) in [7, 11) is 0. The number of hydrogen-bond acceptors (Lipinski definition) is 5. The van der Waals surface area contributed by atoms with Gasteiger partial charge in [0.1, 0.15) is 10.6 Å². The normalized spacial score (nSPS) is 12.6. The van der Waals surface area contributed by atoms with Crippen molar-refractivity contribution in [3.63, 3.8) is 0 Å². The van der Waals surface area contributed by atoms with Crippen LogP contribution in [0.15, 0.2) is 77.9 Å². The summed E-state index contributed by atoms with van der Waals surface area (Å²) in [6.07, 6.45) is 4.75. The Morgan fingerprint density at radius 2 is 1.42 bits per heavy atom. The van der Waals surface area contributed by atoms with E-state index in [0.717, 1.165) is 47.2 Å². The van der Waals surface area contributed by atoms with Gasteiger partial charge in [0.2, 0.25) is 0 Å². The van der Waals surface area contributed by atoms with Gasteiger partial charge in [0.25, 0.3) is 0 Å². The zero-order valence-electron chi connectivity index (χ0n) is 32.7. The van der Waals surface area contributed by atoms with Gasteiger partial charge >= 0.3 is 0 Å². The Morgan fingerprint density at radius 3 is 2.04 bits per heavy atom. The van der Waals surface area contributed by atoms with Crippen molar-refractivity contribution < 1.29 is 30.0 Å². The summed E-state index contributed by atoms with van der Waals surface area (Å²) in [5.74, 6) is 0.286. The van der Waals surface area contributed by atoms with E-state index in [0.29, 0.717) is 0 Å². The molecule has 3 heterocycles. The molecule has 0 saturated carbocycles. The predicted molar refractivity (Wildman–Crippen MR) is 223 cm³/mol. The summed E-state index contributed by atoms with van der Waals surface area (Å²) in [5, 5.41) is 17.5. The fourth-order valence-electron chi connectivity index (χ4n) is 6.56. The van der Waals surface area contributed by atoms with E-state index in [4.69, 9.17) is 4.98 Å². The van der Waals surface area contributed by atoms with Gasteiger partial charge in [0, 0.05) is 68.6 Å². The Kier molecular flexibility index (Phi) is 13.2. The molecule has 0 aliphatic rings. The number of pyridine rings is 1. The van der Waals surface area contributed by atoms with Crippen LogP contribution in [0.5, 0.6) is 0 Å². The second-order valence-corrected chi connectivity index (χ2v) is 17.6. The van der Waals surface area contributed by atoms with Crippen LogP contribution in [-0.4, -0.2) is 15.9 Å². The van der Waals surface area contributed by atoms with Crippen molar-refractivity contribution >= 4 is 59.5 Å². The molecule has 0 unspecified atom stereocenters. The zero-order valence-corrected chi connectivity index (χ0v) is 36.7. The molecule has 52 heavy (non-hydrogen) atoms. The van der Waals surface area contributed by atoms with Crippen LogP contribution in [0.1, 0.15) is 104 Å². The van der Waals surface area contributed by atoms with Crippen molar-refractivity contribution in [3.8, 4) is 22.4 Å². The Morgan fingerprint density at radius 1 is 0.827 bits per heavy atom. The number of aromatic nitrogens is 1. The van der Waals surface area contributed by atoms with E-state index in [1.54, 1.807) is 11.3 Å². The topological polar surface area (TPSA) is 50.2 Å². The number of aliphatic hydroxyl groups is 1. The first-order chi connectivity index (χ1) is 24.1. The fourth-order valence-corrected chi connectivity index (χ4v) is 8.58. The SMILES string of the molecule is CCC(C)(CC)C(=O)/C=C(\O)C(C)(CC)CC.Cc1sc2nc(-c3[c-]c4ccccc4c(C(C)(C)C)c3)cc(-c3csc4ccccc34)c2c1C.[Ir]. The molecule has 0 aliphatic carbocycles. The van der Waals surface area contributed by atoms with Gasteiger partial charge in [-0.25, -0.2) is 0 Å². The molecule has 3 nitrogen and oxygen atoms in total. The van der Waals surface area contributed by atoms with Gasteiger partial charge in [-0.3, -0.25) is 9.78 Å². The summed E-state index contributed by atoms with van der Waals surface area (Å²) >= 11 is 3.61. The third kappa shape index (κ3) is 8.16. The van der Waals surface area contributed by atoms with Gasteiger partial charge in [-0.15, -0.1) is 51.8 Å². The minimum atomic E-state index is -0.337.